The van der Waals surface area contributed by atoms with Crippen LogP contribution < -0.4 is 4.90 Å². The van der Waals surface area contributed by atoms with Crippen LogP contribution in [-0.2, 0) is 6.54 Å². The second-order valence-electron chi connectivity index (χ2n) is 5.35. The van der Waals surface area contributed by atoms with Gasteiger partial charge >= 0.3 is 0 Å². The number of piperazine rings is 1. The summed E-state index contributed by atoms with van der Waals surface area (Å²) in [7, 11) is 0. The second kappa shape index (κ2) is 6.48. The Labute approximate surface area is 134 Å². The van der Waals surface area contributed by atoms with Gasteiger partial charge in [-0.2, -0.15) is 10.4 Å². The molecule has 2 aromatic rings. The molecule has 1 fully saturated rings. The summed E-state index contributed by atoms with van der Waals surface area (Å²) >= 11 is 0. The van der Waals surface area contributed by atoms with E-state index in [0.29, 0.717) is 43.1 Å². The first kappa shape index (κ1) is 15.0. The number of hydrogen-bond donors (Lipinski definition) is 0. The van der Waals surface area contributed by atoms with Crippen molar-refractivity contribution in [2.75, 3.05) is 31.1 Å². The SMILES string of the molecule is CCn1cc(C(=O)N2CCN(c3ncccc3C#N)CC2)cn1. The molecule has 1 saturated heterocycles. The summed E-state index contributed by atoms with van der Waals surface area (Å²) in [6, 6.07) is 5.69. The number of nitrogens with zero attached hydrogens (tertiary/aromatic N) is 6. The summed E-state index contributed by atoms with van der Waals surface area (Å²) in [4.78, 5) is 20.7. The van der Waals surface area contributed by atoms with E-state index in [9.17, 15) is 10.1 Å². The number of carbonyl (C=O) groups excluding carboxylic acids is 1. The van der Waals surface area contributed by atoms with Gasteiger partial charge in [0.05, 0.1) is 17.3 Å². The van der Waals surface area contributed by atoms with Crippen LogP contribution in [-0.4, -0.2) is 51.8 Å². The fourth-order valence-electron chi connectivity index (χ4n) is 2.69. The number of aryl methyl sites for hydroxylation is 1. The Morgan fingerprint density at radius 3 is 2.78 bits per heavy atom. The van der Waals surface area contributed by atoms with Crippen LogP contribution >= 0.6 is 0 Å². The molecule has 0 atom stereocenters. The third kappa shape index (κ3) is 3.01. The molecular formula is C16H18N6O. The van der Waals surface area contributed by atoms with E-state index < -0.39 is 0 Å². The molecule has 1 aliphatic heterocycles. The number of carbonyl (C=O) groups is 1. The largest absolute Gasteiger partial charge is 0.352 e. The van der Waals surface area contributed by atoms with E-state index in [1.54, 1.807) is 35.4 Å². The van der Waals surface area contributed by atoms with Crippen molar-refractivity contribution in [1.82, 2.24) is 19.7 Å². The van der Waals surface area contributed by atoms with Gasteiger partial charge in [-0.1, -0.05) is 0 Å². The van der Waals surface area contributed by atoms with Crippen LogP contribution in [0.4, 0.5) is 5.82 Å². The third-order valence-electron chi connectivity index (χ3n) is 3.98. The molecule has 0 unspecified atom stereocenters. The monoisotopic (exact) mass is 310 g/mol. The highest BCUT2D eigenvalue weighted by molar-refractivity contribution is 5.93. The minimum atomic E-state index is 0.00544. The van der Waals surface area contributed by atoms with Crippen LogP contribution in [0.2, 0.25) is 0 Å². The molecule has 3 rings (SSSR count). The van der Waals surface area contributed by atoms with Crippen LogP contribution in [0.25, 0.3) is 0 Å². The average molecular weight is 310 g/mol. The zero-order valence-electron chi connectivity index (χ0n) is 13.0. The van der Waals surface area contributed by atoms with Crippen LogP contribution in [0.1, 0.15) is 22.8 Å². The highest BCUT2D eigenvalue weighted by atomic mass is 16.2. The van der Waals surface area contributed by atoms with Crippen molar-refractivity contribution >= 4 is 11.7 Å². The van der Waals surface area contributed by atoms with Crippen molar-refractivity contribution in [2.45, 2.75) is 13.5 Å². The molecule has 7 nitrogen and oxygen atoms in total. The molecule has 7 heteroatoms. The molecule has 0 radical (unpaired) electrons. The number of nitriles is 1. The maximum Gasteiger partial charge on any atom is 0.257 e. The number of rotatable bonds is 3. The van der Waals surface area contributed by atoms with Crippen LogP contribution in [0.5, 0.6) is 0 Å². The van der Waals surface area contributed by atoms with E-state index in [0.717, 1.165) is 6.54 Å². The van der Waals surface area contributed by atoms with E-state index in [-0.39, 0.29) is 5.91 Å². The molecule has 1 amide bonds. The maximum absolute atomic E-state index is 12.5. The summed E-state index contributed by atoms with van der Waals surface area (Å²) in [6.07, 6.45) is 5.08. The van der Waals surface area contributed by atoms with E-state index >= 15 is 0 Å². The highest BCUT2D eigenvalue weighted by Gasteiger charge is 2.24. The van der Waals surface area contributed by atoms with Crippen LogP contribution in [0, 0.1) is 11.3 Å². The first-order valence-corrected chi connectivity index (χ1v) is 7.64. The number of aromatic nitrogens is 3. The molecule has 0 spiro atoms. The van der Waals surface area contributed by atoms with Gasteiger partial charge in [0.15, 0.2) is 0 Å². The van der Waals surface area contributed by atoms with Gasteiger partial charge < -0.3 is 9.80 Å². The van der Waals surface area contributed by atoms with Crippen molar-refractivity contribution in [3.05, 3.63) is 41.9 Å². The van der Waals surface area contributed by atoms with Gasteiger partial charge in [-0.3, -0.25) is 9.48 Å². The van der Waals surface area contributed by atoms with Gasteiger partial charge in [-0.15, -0.1) is 0 Å². The third-order valence-corrected chi connectivity index (χ3v) is 3.98. The smallest absolute Gasteiger partial charge is 0.257 e. The topological polar surface area (TPSA) is 78.0 Å². The zero-order chi connectivity index (χ0) is 16.2. The van der Waals surface area contributed by atoms with Crippen molar-refractivity contribution in [1.29, 1.82) is 5.26 Å². The number of pyridine rings is 1. The number of amides is 1. The lowest BCUT2D eigenvalue weighted by molar-refractivity contribution is 0.0746. The van der Waals surface area contributed by atoms with Gasteiger partial charge in [0, 0.05) is 45.1 Å². The summed E-state index contributed by atoms with van der Waals surface area (Å²) in [5.41, 5.74) is 1.19. The molecule has 0 bridgehead atoms. The molecule has 118 valence electrons. The van der Waals surface area contributed by atoms with E-state index in [1.165, 1.54) is 0 Å². The lowest BCUT2D eigenvalue weighted by Crippen LogP contribution is -2.49. The Balaban J connectivity index is 1.66. The molecule has 0 saturated carbocycles. The van der Waals surface area contributed by atoms with Gasteiger partial charge in [-0.25, -0.2) is 4.98 Å². The molecule has 0 aromatic carbocycles. The lowest BCUT2D eigenvalue weighted by atomic mass is 10.2. The second-order valence-corrected chi connectivity index (χ2v) is 5.35. The van der Waals surface area contributed by atoms with Crippen molar-refractivity contribution < 1.29 is 4.79 Å². The first-order chi connectivity index (χ1) is 11.2. The molecule has 2 aromatic heterocycles. The number of anilines is 1. The minimum Gasteiger partial charge on any atom is -0.352 e. The predicted octanol–water partition coefficient (Wildman–Crippen LogP) is 1.13. The molecule has 23 heavy (non-hydrogen) atoms. The molecule has 0 aliphatic carbocycles. The summed E-state index contributed by atoms with van der Waals surface area (Å²) < 4.78 is 1.75. The van der Waals surface area contributed by atoms with E-state index in [2.05, 4.69) is 21.1 Å². The van der Waals surface area contributed by atoms with Gasteiger partial charge in [0.25, 0.3) is 5.91 Å². The van der Waals surface area contributed by atoms with Crippen molar-refractivity contribution in [2.24, 2.45) is 0 Å². The van der Waals surface area contributed by atoms with Crippen LogP contribution in [0.15, 0.2) is 30.7 Å². The molecule has 3 heterocycles. The van der Waals surface area contributed by atoms with Crippen LogP contribution in [0.3, 0.4) is 0 Å². The Bertz CT molecular complexity index is 739. The lowest BCUT2D eigenvalue weighted by Gasteiger charge is -2.35. The summed E-state index contributed by atoms with van der Waals surface area (Å²) in [6.45, 7) is 5.28. The summed E-state index contributed by atoms with van der Waals surface area (Å²) in [5.74, 6) is 0.701. The summed E-state index contributed by atoms with van der Waals surface area (Å²) in [5, 5.41) is 13.3. The normalized spacial score (nSPS) is 14.6. The van der Waals surface area contributed by atoms with E-state index in [1.807, 2.05) is 11.8 Å². The average Bonchev–Trinajstić information content (AvgIpc) is 3.10. The fraction of sp³-hybridized carbons (Fsp3) is 0.375. The van der Waals surface area contributed by atoms with Gasteiger partial charge in [-0.05, 0) is 19.1 Å². The Hall–Kier alpha value is -2.88. The molecule has 0 N–H and O–H groups in total. The number of hydrogen-bond acceptors (Lipinski definition) is 5. The Morgan fingerprint density at radius 2 is 2.13 bits per heavy atom. The Kier molecular flexibility index (Phi) is 4.24. The fourth-order valence-corrected chi connectivity index (χ4v) is 2.69. The van der Waals surface area contributed by atoms with Crippen molar-refractivity contribution in [3.63, 3.8) is 0 Å². The predicted molar refractivity (Wildman–Crippen MR) is 85.0 cm³/mol. The van der Waals surface area contributed by atoms with Gasteiger partial charge in [0.1, 0.15) is 11.9 Å². The quantitative estimate of drug-likeness (QED) is 0.849. The molecule has 1 aliphatic rings. The molecular weight excluding hydrogens is 292 g/mol. The van der Waals surface area contributed by atoms with Gasteiger partial charge in [0.2, 0.25) is 0 Å². The first-order valence-electron chi connectivity index (χ1n) is 7.64. The Morgan fingerprint density at radius 1 is 1.35 bits per heavy atom. The highest BCUT2D eigenvalue weighted by Crippen LogP contribution is 2.18. The zero-order valence-corrected chi connectivity index (χ0v) is 13.0. The van der Waals surface area contributed by atoms with E-state index in [4.69, 9.17) is 0 Å². The maximum atomic E-state index is 12.5. The van der Waals surface area contributed by atoms with Crippen molar-refractivity contribution in [3.8, 4) is 6.07 Å². The minimum absolute atomic E-state index is 0.00544. The standard InChI is InChI=1S/C16H18N6O/c1-2-22-12-14(11-19-22)16(23)21-8-6-20(7-9-21)15-13(10-17)4-3-5-18-15/h3-5,11-12H,2,6-9H2,1H3.